The Labute approximate surface area is 101 Å². The summed E-state index contributed by atoms with van der Waals surface area (Å²) in [6.07, 6.45) is -6.05. The number of carbonyl (C=O) groups is 1. The Hall–Kier alpha value is -1.92. The number of hydrogen-bond donors (Lipinski definition) is 0. The number of nitrogens with zero attached hydrogens (tertiary/aromatic N) is 2. The number of nitroso groups, excluding NO2 is 1. The fourth-order valence-corrected chi connectivity index (χ4v) is 1.37. The molecule has 0 aliphatic carbocycles. The van der Waals surface area contributed by atoms with Crippen molar-refractivity contribution in [2.45, 2.75) is 19.1 Å². The van der Waals surface area contributed by atoms with Crippen LogP contribution in [0.4, 0.5) is 18.9 Å². The molecule has 0 fully saturated rings. The normalized spacial score (nSPS) is 11.1. The second-order valence-electron chi connectivity index (χ2n) is 3.70. The first-order valence-electron chi connectivity index (χ1n) is 5.05. The van der Waals surface area contributed by atoms with Crippen molar-refractivity contribution in [1.29, 1.82) is 0 Å². The van der Waals surface area contributed by atoms with Crippen LogP contribution in [-0.4, -0.2) is 19.1 Å². The molecule has 0 atom stereocenters. The Balaban J connectivity index is 2.83. The summed E-state index contributed by atoms with van der Waals surface area (Å²) in [5, 5.41) is 2.68. The Morgan fingerprint density at radius 1 is 1.39 bits per heavy atom. The molecule has 1 aromatic carbocycles. The Bertz CT molecular complexity index is 446. The van der Waals surface area contributed by atoms with E-state index in [2.05, 4.69) is 5.18 Å². The monoisotopic (exact) mass is 260 g/mol. The Kier molecular flexibility index (Phi) is 4.41. The van der Waals surface area contributed by atoms with Crippen LogP contribution >= 0.6 is 0 Å². The number of anilines is 1. The van der Waals surface area contributed by atoms with Gasteiger partial charge in [0.05, 0.1) is 0 Å². The zero-order valence-corrected chi connectivity index (χ0v) is 9.57. The highest BCUT2D eigenvalue weighted by Gasteiger charge is 2.32. The van der Waals surface area contributed by atoms with Gasteiger partial charge in [0.15, 0.2) is 0 Å². The van der Waals surface area contributed by atoms with Crippen molar-refractivity contribution in [2.75, 3.05) is 11.9 Å². The Morgan fingerprint density at radius 3 is 2.61 bits per heavy atom. The van der Waals surface area contributed by atoms with Crippen LogP contribution in [0.15, 0.2) is 29.4 Å². The van der Waals surface area contributed by atoms with Gasteiger partial charge in [0.25, 0.3) is 0 Å². The van der Waals surface area contributed by atoms with E-state index < -0.39 is 18.5 Å². The predicted molar refractivity (Wildman–Crippen MR) is 60.0 cm³/mol. The van der Waals surface area contributed by atoms with Crippen LogP contribution in [0.2, 0.25) is 0 Å². The van der Waals surface area contributed by atoms with Crippen LogP contribution in [0.25, 0.3) is 0 Å². The van der Waals surface area contributed by atoms with E-state index in [0.717, 1.165) is 4.90 Å². The zero-order chi connectivity index (χ0) is 13.8. The van der Waals surface area contributed by atoms with Crippen LogP contribution < -0.4 is 4.90 Å². The van der Waals surface area contributed by atoms with Crippen LogP contribution in [0, 0.1) is 4.91 Å². The number of halogens is 3. The average molecular weight is 260 g/mol. The number of alkyl halides is 3. The quantitative estimate of drug-likeness (QED) is 0.781. The van der Waals surface area contributed by atoms with Gasteiger partial charge >= 0.3 is 6.18 Å². The van der Waals surface area contributed by atoms with Gasteiger partial charge in [-0.3, -0.25) is 4.79 Å². The molecule has 0 aromatic heterocycles. The molecule has 4 nitrogen and oxygen atoms in total. The highest BCUT2D eigenvalue weighted by Crippen LogP contribution is 2.23. The van der Waals surface area contributed by atoms with Gasteiger partial charge in [0.2, 0.25) is 5.91 Å². The maximum Gasteiger partial charge on any atom is 0.397 e. The SMILES string of the molecule is CN(C(=O)CC(F)(F)F)c1cccc(CN=O)c1. The molecule has 18 heavy (non-hydrogen) atoms. The van der Waals surface area contributed by atoms with E-state index in [1.807, 2.05) is 0 Å². The highest BCUT2D eigenvalue weighted by molar-refractivity contribution is 5.93. The summed E-state index contributed by atoms with van der Waals surface area (Å²) in [4.78, 5) is 22.4. The van der Waals surface area contributed by atoms with Crippen LogP contribution in [0.3, 0.4) is 0 Å². The minimum atomic E-state index is -4.53. The van der Waals surface area contributed by atoms with Gasteiger partial charge in [-0.1, -0.05) is 17.3 Å². The standard InChI is InChI=1S/C11H11F3N2O2/c1-16(10(17)6-11(12,13)14)9-4-2-3-8(5-9)7-15-18/h2-5H,6-7H2,1H3. The molecule has 0 heterocycles. The van der Waals surface area contributed by atoms with Crippen molar-refractivity contribution in [3.63, 3.8) is 0 Å². The van der Waals surface area contributed by atoms with Crippen molar-refractivity contribution in [2.24, 2.45) is 5.18 Å². The summed E-state index contributed by atoms with van der Waals surface area (Å²) in [6, 6.07) is 6.10. The van der Waals surface area contributed by atoms with Crippen LogP contribution in [0.1, 0.15) is 12.0 Å². The van der Waals surface area contributed by atoms with Gasteiger partial charge in [0, 0.05) is 12.7 Å². The van der Waals surface area contributed by atoms with Crippen molar-refractivity contribution < 1.29 is 18.0 Å². The van der Waals surface area contributed by atoms with Crippen molar-refractivity contribution in [3.05, 3.63) is 34.7 Å². The molecule has 0 unspecified atom stereocenters. The molecule has 0 aliphatic rings. The summed E-state index contributed by atoms with van der Waals surface area (Å²) in [5.74, 6) is -1.06. The molecule has 0 radical (unpaired) electrons. The molecule has 0 spiro atoms. The lowest BCUT2D eigenvalue weighted by Crippen LogP contribution is -2.30. The topological polar surface area (TPSA) is 49.7 Å². The molecule has 7 heteroatoms. The smallest absolute Gasteiger partial charge is 0.315 e. The lowest BCUT2D eigenvalue weighted by Gasteiger charge is -2.18. The number of hydrogen-bond acceptors (Lipinski definition) is 3. The van der Waals surface area contributed by atoms with Crippen molar-refractivity contribution in [3.8, 4) is 0 Å². The third-order valence-electron chi connectivity index (χ3n) is 2.27. The third-order valence-corrected chi connectivity index (χ3v) is 2.27. The fraction of sp³-hybridized carbons (Fsp3) is 0.364. The van der Waals surface area contributed by atoms with E-state index in [4.69, 9.17) is 0 Å². The summed E-state index contributed by atoms with van der Waals surface area (Å²) in [6.45, 7) is -0.0882. The van der Waals surface area contributed by atoms with Gasteiger partial charge in [-0.05, 0) is 17.7 Å². The van der Waals surface area contributed by atoms with E-state index in [0.29, 0.717) is 11.3 Å². The Morgan fingerprint density at radius 2 is 2.06 bits per heavy atom. The minimum Gasteiger partial charge on any atom is -0.315 e. The summed E-state index contributed by atoms with van der Waals surface area (Å²) in [5.41, 5.74) is 0.833. The maximum absolute atomic E-state index is 12.1. The second kappa shape index (κ2) is 5.61. The van der Waals surface area contributed by atoms with E-state index >= 15 is 0 Å². The fourth-order valence-electron chi connectivity index (χ4n) is 1.37. The summed E-state index contributed by atoms with van der Waals surface area (Å²) < 4.78 is 36.2. The summed E-state index contributed by atoms with van der Waals surface area (Å²) >= 11 is 0. The van der Waals surface area contributed by atoms with E-state index in [1.54, 1.807) is 12.1 Å². The van der Waals surface area contributed by atoms with Gasteiger partial charge in [-0.15, -0.1) is 0 Å². The molecule has 1 aromatic rings. The molecular weight excluding hydrogens is 249 g/mol. The minimum absolute atomic E-state index is 0.0882. The molecule has 0 aliphatic heterocycles. The van der Waals surface area contributed by atoms with E-state index in [-0.39, 0.29) is 6.54 Å². The lowest BCUT2D eigenvalue weighted by atomic mass is 10.2. The number of amides is 1. The zero-order valence-electron chi connectivity index (χ0n) is 9.57. The largest absolute Gasteiger partial charge is 0.397 e. The third kappa shape index (κ3) is 4.15. The first-order chi connectivity index (χ1) is 8.33. The molecule has 1 rings (SSSR count). The second-order valence-corrected chi connectivity index (χ2v) is 3.70. The number of rotatable bonds is 4. The van der Waals surface area contributed by atoms with E-state index in [1.165, 1.54) is 19.2 Å². The van der Waals surface area contributed by atoms with Crippen LogP contribution in [0.5, 0.6) is 0 Å². The molecule has 0 saturated heterocycles. The first kappa shape index (κ1) is 14.1. The van der Waals surface area contributed by atoms with Crippen molar-refractivity contribution in [1.82, 2.24) is 0 Å². The molecule has 0 N–H and O–H groups in total. The van der Waals surface area contributed by atoms with Gasteiger partial charge in [0.1, 0.15) is 13.0 Å². The molecular formula is C11H11F3N2O2. The van der Waals surface area contributed by atoms with Crippen molar-refractivity contribution >= 4 is 11.6 Å². The van der Waals surface area contributed by atoms with E-state index in [9.17, 15) is 22.9 Å². The van der Waals surface area contributed by atoms with Crippen LogP contribution in [-0.2, 0) is 11.3 Å². The van der Waals surface area contributed by atoms with Gasteiger partial charge in [-0.25, -0.2) is 0 Å². The number of benzene rings is 1. The molecule has 1 amide bonds. The molecule has 98 valence electrons. The molecule has 0 saturated carbocycles. The number of carbonyl (C=O) groups excluding carboxylic acids is 1. The predicted octanol–water partition coefficient (Wildman–Crippen LogP) is 2.87. The average Bonchev–Trinajstić information content (AvgIpc) is 2.26. The van der Waals surface area contributed by atoms with Gasteiger partial charge in [-0.2, -0.15) is 18.1 Å². The maximum atomic E-state index is 12.1. The van der Waals surface area contributed by atoms with Gasteiger partial charge < -0.3 is 4.90 Å². The molecule has 0 bridgehead atoms. The first-order valence-corrected chi connectivity index (χ1v) is 5.05. The summed E-state index contributed by atoms with van der Waals surface area (Å²) in [7, 11) is 1.25. The lowest BCUT2D eigenvalue weighted by molar-refractivity contribution is -0.151. The highest BCUT2D eigenvalue weighted by atomic mass is 19.4.